The molecule has 3 nitrogen and oxygen atoms in total. The number of benzene rings is 1. The summed E-state index contributed by atoms with van der Waals surface area (Å²) in [6.07, 6.45) is 0.444. The summed E-state index contributed by atoms with van der Waals surface area (Å²) < 4.78 is 4.97. The average Bonchev–Trinajstić information content (AvgIpc) is 2.15. The Morgan fingerprint density at radius 2 is 2.08 bits per heavy atom. The Hall–Kier alpha value is -1.45. The topological polar surface area (TPSA) is 46.5 Å². The van der Waals surface area contributed by atoms with Crippen LogP contribution in [-0.2, 0) is 6.32 Å². The van der Waals surface area contributed by atoms with Crippen molar-refractivity contribution in [1.29, 1.82) is 0 Å². The van der Waals surface area contributed by atoms with Gasteiger partial charge in [-0.25, -0.2) is 0 Å². The zero-order valence-electron chi connectivity index (χ0n) is 7.36. The van der Waals surface area contributed by atoms with Gasteiger partial charge in [0.15, 0.2) is 0 Å². The average molecular weight is 177 g/mol. The zero-order valence-corrected chi connectivity index (χ0v) is 7.36. The van der Waals surface area contributed by atoms with E-state index in [1.807, 2.05) is 24.3 Å². The maximum Gasteiger partial charge on any atom is 0.265 e. The molecule has 0 atom stereocenters. The van der Waals surface area contributed by atoms with Crippen molar-refractivity contribution in [1.82, 2.24) is 0 Å². The molecule has 0 spiro atoms. The molecule has 0 aliphatic rings. The highest BCUT2D eigenvalue weighted by Gasteiger charge is 2.01. The molecule has 1 N–H and O–H groups in total. The molecule has 0 aliphatic carbocycles. The van der Waals surface area contributed by atoms with Gasteiger partial charge >= 0.3 is 0 Å². The molecule has 0 fully saturated rings. The van der Waals surface area contributed by atoms with Gasteiger partial charge in [0, 0.05) is 0 Å². The van der Waals surface area contributed by atoms with Gasteiger partial charge in [0.05, 0.1) is 7.11 Å². The lowest BCUT2D eigenvalue weighted by molar-refractivity contribution is 0.219. The van der Waals surface area contributed by atoms with Crippen LogP contribution in [0.5, 0.6) is 5.75 Å². The Bertz CT molecular complexity index is 281. The highest BCUT2D eigenvalue weighted by atomic mass is 16.5. The number of hydrogen-bond donors (Lipinski definition) is 1. The lowest BCUT2D eigenvalue weighted by Gasteiger charge is -2.00. The van der Waals surface area contributed by atoms with Crippen molar-refractivity contribution < 1.29 is 14.6 Å². The second-order valence-electron chi connectivity index (χ2n) is 2.59. The third kappa shape index (κ3) is 3.19. The molecule has 0 aliphatic heterocycles. The highest BCUT2D eigenvalue weighted by molar-refractivity contribution is 6.71. The quantitative estimate of drug-likeness (QED) is 0.710. The smallest absolute Gasteiger partial charge is 0.265 e. The number of hydrogen-bond acceptors (Lipinski definition) is 2. The third-order valence-corrected chi connectivity index (χ3v) is 1.67. The lowest BCUT2D eigenvalue weighted by atomic mass is 9.72. The van der Waals surface area contributed by atoms with Crippen LogP contribution >= 0.6 is 0 Å². The summed E-state index contributed by atoms with van der Waals surface area (Å²) in [6, 6.07) is 7.31. The van der Waals surface area contributed by atoms with E-state index in [1.54, 1.807) is 7.11 Å². The summed E-state index contributed by atoms with van der Waals surface area (Å²) in [4.78, 5) is 10.2. The van der Waals surface area contributed by atoms with Crippen molar-refractivity contribution >= 4 is 13.1 Å². The minimum Gasteiger partial charge on any atom is -0.497 e. The minimum atomic E-state index is -0.893. The Morgan fingerprint density at radius 1 is 1.46 bits per heavy atom. The summed E-state index contributed by atoms with van der Waals surface area (Å²) in [5, 5.41) is 8.40. The predicted molar refractivity (Wildman–Crippen MR) is 50.5 cm³/mol. The molecule has 1 radical (unpaired) electrons. The summed E-state index contributed by atoms with van der Waals surface area (Å²) in [5.74, 6) is -0.116. The molecule has 0 saturated carbocycles. The summed E-state index contributed by atoms with van der Waals surface area (Å²) in [5.41, 5.74) is 0.961. The number of carboxylic acid groups (broad SMARTS) is 1. The molecule has 0 unspecified atom stereocenters. The molecule has 13 heavy (non-hydrogen) atoms. The standard InChI is InChI=1S/C9H10BO3/c1-13-8-4-2-7(3-5-8)6-10-9(11)12/h2-5H,6H2,1H3,(H,11,12). The molecule has 0 heterocycles. The Labute approximate surface area is 77.6 Å². The van der Waals surface area contributed by atoms with Gasteiger partial charge in [0.1, 0.15) is 5.75 Å². The van der Waals surface area contributed by atoms with Crippen LogP contribution in [0.4, 0.5) is 4.79 Å². The van der Waals surface area contributed by atoms with E-state index in [2.05, 4.69) is 0 Å². The van der Waals surface area contributed by atoms with Crippen molar-refractivity contribution in [3.8, 4) is 5.75 Å². The largest absolute Gasteiger partial charge is 0.497 e. The van der Waals surface area contributed by atoms with Gasteiger partial charge in [-0.1, -0.05) is 17.7 Å². The molecule has 67 valence electrons. The summed E-state index contributed by atoms with van der Waals surface area (Å²) >= 11 is 0. The number of ether oxygens (including phenoxy) is 1. The Balaban J connectivity index is 2.54. The predicted octanol–water partition coefficient (Wildman–Crippen LogP) is 1.58. The van der Waals surface area contributed by atoms with Crippen molar-refractivity contribution in [3.63, 3.8) is 0 Å². The molecular weight excluding hydrogens is 167 g/mol. The van der Waals surface area contributed by atoms with E-state index in [0.717, 1.165) is 11.3 Å². The number of methoxy groups -OCH3 is 1. The minimum absolute atomic E-state index is 0.444. The summed E-state index contributed by atoms with van der Waals surface area (Å²) in [7, 11) is 2.82. The van der Waals surface area contributed by atoms with E-state index in [-0.39, 0.29) is 0 Å². The van der Waals surface area contributed by atoms with Crippen molar-refractivity contribution in [2.45, 2.75) is 6.32 Å². The first kappa shape index (κ1) is 9.64. The van der Waals surface area contributed by atoms with Crippen molar-refractivity contribution in [2.24, 2.45) is 0 Å². The van der Waals surface area contributed by atoms with Gasteiger partial charge in [-0.05, 0) is 18.5 Å². The molecule has 1 rings (SSSR count). The zero-order chi connectivity index (χ0) is 9.68. The van der Waals surface area contributed by atoms with E-state index >= 15 is 0 Å². The van der Waals surface area contributed by atoms with Crippen LogP contribution in [0, 0.1) is 0 Å². The molecule has 0 amide bonds. The van der Waals surface area contributed by atoms with Gasteiger partial charge in [-0.3, -0.25) is 4.79 Å². The molecule has 1 aromatic rings. The van der Waals surface area contributed by atoms with Crippen molar-refractivity contribution in [3.05, 3.63) is 29.8 Å². The van der Waals surface area contributed by atoms with Gasteiger partial charge in [0.2, 0.25) is 5.87 Å². The first-order valence-corrected chi connectivity index (χ1v) is 3.91. The van der Waals surface area contributed by atoms with E-state index < -0.39 is 5.87 Å². The van der Waals surface area contributed by atoms with Gasteiger partial charge in [0.25, 0.3) is 7.28 Å². The molecule has 1 aromatic carbocycles. The Kier molecular flexibility index (Phi) is 3.37. The fourth-order valence-electron chi connectivity index (χ4n) is 0.967. The van der Waals surface area contributed by atoms with Crippen molar-refractivity contribution in [2.75, 3.05) is 7.11 Å². The van der Waals surface area contributed by atoms with Gasteiger partial charge in [-0.2, -0.15) is 0 Å². The first-order chi connectivity index (χ1) is 6.22. The maximum absolute atomic E-state index is 10.2. The van der Waals surface area contributed by atoms with E-state index in [0.29, 0.717) is 6.32 Å². The fourth-order valence-corrected chi connectivity index (χ4v) is 0.967. The van der Waals surface area contributed by atoms with Crippen LogP contribution in [0.3, 0.4) is 0 Å². The third-order valence-electron chi connectivity index (χ3n) is 1.67. The SMILES string of the molecule is COc1ccc(C[B]C(=O)O)cc1. The van der Waals surface area contributed by atoms with Gasteiger partial charge in [-0.15, -0.1) is 0 Å². The molecule has 0 bridgehead atoms. The van der Waals surface area contributed by atoms with Crippen LogP contribution in [0.1, 0.15) is 5.56 Å². The van der Waals surface area contributed by atoms with Crippen LogP contribution in [-0.4, -0.2) is 25.4 Å². The van der Waals surface area contributed by atoms with Crippen LogP contribution < -0.4 is 4.74 Å². The van der Waals surface area contributed by atoms with Crippen LogP contribution in [0.2, 0.25) is 0 Å². The van der Waals surface area contributed by atoms with Crippen LogP contribution in [0.15, 0.2) is 24.3 Å². The normalized spacial score (nSPS) is 9.31. The molecule has 0 aromatic heterocycles. The molecular formula is C9H10BO3. The summed E-state index contributed by atoms with van der Waals surface area (Å²) in [6.45, 7) is 0. The maximum atomic E-state index is 10.2. The monoisotopic (exact) mass is 177 g/mol. The second-order valence-corrected chi connectivity index (χ2v) is 2.59. The van der Waals surface area contributed by atoms with E-state index in [9.17, 15) is 4.79 Å². The molecule has 0 saturated heterocycles. The molecule has 4 heteroatoms. The fraction of sp³-hybridized carbons (Fsp3) is 0.222. The number of rotatable bonds is 4. The number of carbonyl (C=O) groups is 1. The highest BCUT2D eigenvalue weighted by Crippen LogP contribution is 2.11. The van der Waals surface area contributed by atoms with Gasteiger partial charge < -0.3 is 9.84 Å². The Morgan fingerprint density at radius 3 is 2.54 bits per heavy atom. The second kappa shape index (κ2) is 4.55. The van der Waals surface area contributed by atoms with E-state index in [4.69, 9.17) is 9.84 Å². The lowest BCUT2D eigenvalue weighted by Crippen LogP contribution is -2.08. The van der Waals surface area contributed by atoms with E-state index in [1.165, 1.54) is 7.28 Å². The van der Waals surface area contributed by atoms with Crippen LogP contribution in [0.25, 0.3) is 0 Å². The first-order valence-electron chi connectivity index (χ1n) is 3.91.